The Labute approximate surface area is 179 Å². The van der Waals surface area contributed by atoms with Crippen LogP contribution in [-0.4, -0.2) is 67.3 Å². The van der Waals surface area contributed by atoms with Crippen molar-refractivity contribution >= 4 is 22.9 Å². The number of carbonyl (C=O) groups excluding carboxylic acids is 1. The molecule has 1 aliphatic heterocycles. The molecular formula is C19H27N9O3. The lowest BCUT2D eigenvalue weighted by Crippen LogP contribution is -2.35. The zero-order valence-corrected chi connectivity index (χ0v) is 18.3. The Morgan fingerprint density at radius 3 is 2.84 bits per heavy atom. The summed E-state index contributed by atoms with van der Waals surface area (Å²) in [6.45, 7) is 11.4. The van der Waals surface area contributed by atoms with E-state index in [4.69, 9.17) is 14.3 Å². The number of aromatic nitrogens is 7. The Morgan fingerprint density at radius 1 is 1.35 bits per heavy atom. The summed E-state index contributed by atoms with van der Waals surface area (Å²) in [5, 5.41) is 21.8. The summed E-state index contributed by atoms with van der Waals surface area (Å²) in [5.74, 6) is 1.02. The number of aryl methyl sites for hydroxylation is 1. The summed E-state index contributed by atoms with van der Waals surface area (Å²) < 4.78 is 11.1. The number of amides is 1. The van der Waals surface area contributed by atoms with E-state index in [2.05, 4.69) is 61.7 Å². The number of fused-ring (bicyclic) bond motifs is 1. The van der Waals surface area contributed by atoms with Gasteiger partial charge in [-0.3, -0.25) is 9.89 Å². The molecule has 0 saturated carbocycles. The highest BCUT2D eigenvalue weighted by Crippen LogP contribution is 2.31. The maximum Gasteiger partial charge on any atom is 0.217 e. The average Bonchev–Trinajstić information content (AvgIpc) is 3.41. The molecule has 12 nitrogen and oxygen atoms in total. The minimum absolute atomic E-state index is 0.0479. The Bertz CT molecular complexity index is 1070. The van der Waals surface area contributed by atoms with Gasteiger partial charge in [0.05, 0.1) is 6.61 Å². The third kappa shape index (κ3) is 4.63. The van der Waals surface area contributed by atoms with Crippen LogP contribution in [0, 0.1) is 12.3 Å². The van der Waals surface area contributed by atoms with Gasteiger partial charge in [0.15, 0.2) is 17.7 Å². The molecule has 1 saturated heterocycles. The number of carbonyl (C=O) groups is 1. The van der Waals surface area contributed by atoms with Gasteiger partial charge in [0.25, 0.3) is 0 Å². The second kappa shape index (κ2) is 8.17. The Balaban J connectivity index is 1.72. The number of aromatic amines is 1. The number of hydrogen-bond donors (Lipinski definition) is 2. The van der Waals surface area contributed by atoms with Crippen LogP contribution in [-0.2, 0) is 9.53 Å². The lowest BCUT2D eigenvalue weighted by Gasteiger charge is -2.24. The monoisotopic (exact) mass is 429 g/mol. The second-order valence-electron chi connectivity index (χ2n) is 9.03. The maximum absolute atomic E-state index is 11.5. The molecule has 0 bridgehead atoms. The fourth-order valence-electron chi connectivity index (χ4n) is 3.54. The van der Waals surface area contributed by atoms with Gasteiger partial charge < -0.3 is 15.0 Å². The van der Waals surface area contributed by atoms with E-state index in [-0.39, 0.29) is 17.4 Å². The van der Waals surface area contributed by atoms with Crippen LogP contribution in [0.3, 0.4) is 0 Å². The molecule has 3 aromatic heterocycles. The number of nitrogens with zero attached hydrogens (tertiary/aromatic N) is 7. The van der Waals surface area contributed by atoms with E-state index < -0.39 is 6.10 Å². The summed E-state index contributed by atoms with van der Waals surface area (Å²) >= 11 is 0. The van der Waals surface area contributed by atoms with Crippen molar-refractivity contribution in [2.45, 2.75) is 53.2 Å². The number of nitrogens with one attached hydrogen (secondary N) is 2. The molecule has 1 fully saturated rings. The topological polar surface area (TPSA) is 148 Å². The second-order valence-corrected chi connectivity index (χ2v) is 9.03. The first-order valence-corrected chi connectivity index (χ1v) is 10.2. The standard InChI is InChI=1S/C19H27N9O3/c1-10-13(26-31-25-10)15(30-9-19(3,4)5)17-21-16-14(23-27-24-16)18(22-17)28-7-6-12(8-28)20-11(2)29/h12,15H,6-9H2,1-5H3,(H,20,29)(H,21,22,23,24,27)/t12-,15?/m0/s1. The van der Waals surface area contributed by atoms with Gasteiger partial charge in [-0.15, -0.1) is 5.10 Å². The fraction of sp³-hybridized carbons (Fsp3) is 0.632. The highest BCUT2D eigenvalue weighted by atomic mass is 16.6. The number of H-pyrrole nitrogens is 1. The molecule has 2 N–H and O–H groups in total. The van der Waals surface area contributed by atoms with Gasteiger partial charge in [-0.25, -0.2) is 14.6 Å². The minimum Gasteiger partial charge on any atom is -0.363 e. The highest BCUT2D eigenvalue weighted by molar-refractivity contribution is 5.82. The van der Waals surface area contributed by atoms with Crippen molar-refractivity contribution in [1.29, 1.82) is 0 Å². The van der Waals surface area contributed by atoms with Gasteiger partial charge in [-0.2, -0.15) is 0 Å². The minimum atomic E-state index is -0.668. The summed E-state index contributed by atoms with van der Waals surface area (Å²) in [4.78, 5) is 22.9. The summed E-state index contributed by atoms with van der Waals surface area (Å²) in [6, 6.07) is 0.0526. The van der Waals surface area contributed by atoms with Gasteiger partial charge >= 0.3 is 0 Å². The quantitative estimate of drug-likeness (QED) is 0.587. The van der Waals surface area contributed by atoms with Crippen LogP contribution in [0.5, 0.6) is 0 Å². The van der Waals surface area contributed by atoms with Gasteiger partial charge in [0.2, 0.25) is 11.6 Å². The van der Waals surface area contributed by atoms with Crippen LogP contribution >= 0.6 is 0 Å². The van der Waals surface area contributed by atoms with Crippen molar-refractivity contribution in [3.8, 4) is 0 Å². The molecule has 1 aliphatic rings. The number of hydrogen-bond acceptors (Lipinski definition) is 10. The predicted molar refractivity (Wildman–Crippen MR) is 110 cm³/mol. The SMILES string of the molecule is CC(=O)N[C@H]1CCN(c2nc(C(OCC(C)(C)C)c3nonc3C)nc3nn[nH]c23)C1. The van der Waals surface area contributed by atoms with E-state index >= 15 is 0 Å². The third-order valence-corrected chi connectivity index (χ3v) is 4.94. The van der Waals surface area contributed by atoms with E-state index in [9.17, 15) is 4.79 Å². The Kier molecular flexibility index (Phi) is 5.56. The lowest BCUT2D eigenvalue weighted by atomic mass is 9.98. The fourth-order valence-corrected chi connectivity index (χ4v) is 3.54. The normalized spacial score (nSPS) is 18.0. The first-order valence-electron chi connectivity index (χ1n) is 10.2. The third-order valence-electron chi connectivity index (χ3n) is 4.94. The smallest absolute Gasteiger partial charge is 0.217 e. The molecule has 166 valence electrons. The van der Waals surface area contributed by atoms with Gasteiger partial charge in [0.1, 0.15) is 16.9 Å². The van der Waals surface area contributed by atoms with E-state index in [0.717, 1.165) is 13.0 Å². The Morgan fingerprint density at radius 2 is 2.16 bits per heavy atom. The molecule has 3 aromatic rings. The molecular weight excluding hydrogens is 402 g/mol. The number of ether oxygens (including phenoxy) is 1. The molecule has 1 unspecified atom stereocenters. The van der Waals surface area contributed by atoms with Crippen LogP contribution < -0.4 is 10.2 Å². The largest absolute Gasteiger partial charge is 0.363 e. The van der Waals surface area contributed by atoms with Crippen LogP contribution in [0.1, 0.15) is 57.4 Å². The molecule has 0 aliphatic carbocycles. The zero-order chi connectivity index (χ0) is 22.2. The lowest BCUT2D eigenvalue weighted by molar-refractivity contribution is -0.119. The average molecular weight is 429 g/mol. The summed E-state index contributed by atoms with van der Waals surface area (Å²) in [6.07, 6.45) is 0.150. The van der Waals surface area contributed by atoms with Gasteiger partial charge in [-0.05, 0) is 18.8 Å². The molecule has 0 spiro atoms. The predicted octanol–water partition coefficient (Wildman–Crippen LogP) is 1.31. The summed E-state index contributed by atoms with van der Waals surface area (Å²) in [7, 11) is 0. The van der Waals surface area contributed by atoms with Crippen LogP contribution in [0.4, 0.5) is 5.82 Å². The molecule has 0 radical (unpaired) electrons. The molecule has 4 rings (SSSR count). The van der Waals surface area contributed by atoms with Crippen molar-refractivity contribution in [2.75, 3.05) is 24.6 Å². The number of rotatable bonds is 6. The van der Waals surface area contributed by atoms with Crippen molar-refractivity contribution in [1.82, 2.24) is 41.0 Å². The van der Waals surface area contributed by atoms with Gasteiger partial charge in [0, 0.05) is 26.1 Å². The molecule has 12 heteroatoms. The summed E-state index contributed by atoms with van der Waals surface area (Å²) in [5.41, 5.74) is 2.12. The molecule has 0 aromatic carbocycles. The molecule has 31 heavy (non-hydrogen) atoms. The van der Waals surface area contributed by atoms with E-state index in [1.807, 2.05) is 0 Å². The molecule has 2 atom stereocenters. The zero-order valence-electron chi connectivity index (χ0n) is 18.3. The van der Waals surface area contributed by atoms with E-state index in [0.29, 0.717) is 47.3 Å². The van der Waals surface area contributed by atoms with Crippen LogP contribution in [0.2, 0.25) is 0 Å². The van der Waals surface area contributed by atoms with E-state index in [1.165, 1.54) is 6.92 Å². The Hall–Kier alpha value is -3.15. The van der Waals surface area contributed by atoms with Gasteiger partial charge in [-0.1, -0.05) is 36.3 Å². The first-order chi connectivity index (χ1) is 14.7. The van der Waals surface area contributed by atoms with Crippen molar-refractivity contribution in [3.05, 3.63) is 17.2 Å². The number of anilines is 1. The first kappa shape index (κ1) is 21.1. The van der Waals surface area contributed by atoms with Crippen molar-refractivity contribution in [2.24, 2.45) is 5.41 Å². The van der Waals surface area contributed by atoms with Crippen LogP contribution in [0.15, 0.2) is 4.63 Å². The molecule has 4 heterocycles. The highest BCUT2D eigenvalue weighted by Gasteiger charge is 2.31. The molecule has 1 amide bonds. The van der Waals surface area contributed by atoms with E-state index in [1.54, 1.807) is 6.92 Å². The van der Waals surface area contributed by atoms with Crippen molar-refractivity contribution in [3.63, 3.8) is 0 Å². The maximum atomic E-state index is 11.5. The van der Waals surface area contributed by atoms with Crippen molar-refractivity contribution < 1.29 is 14.2 Å². The van der Waals surface area contributed by atoms with Crippen LogP contribution in [0.25, 0.3) is 11.2 Å².